The van der Waals surface area contributed by atoms with Crippen molar-refractivity contribution in [3.63, 3.8) is 0 Å². The zero-order chi connectivity index (χ0) is 65.9. The van der Waals surface area contributed by atoms with E-state index in [1.807, 2.05) is 0 Å². The Kier molecular flexibility index (Phi) is 26.2. The molecule has 0 aromatic rings. The van der Waals surface area contributed by atoms with Crippen molar-refractivity contribution in [2.45, 2.75) is 223 Å². The van der Waals surface area contributed by atoms with Crippen LogP contribution >= 0.6 is 0 Å². The Bertz CT molecular complexity index is 2600. The highest BCUT2D eigenvalue weighted by atomic mass is 32.3. The number of hydrogen-bond acceptors (Lipinski definition) is 38. The molecule has 0 radical (unpaired) electrons. The maximum atomic E-state index is 11.7. The van der Waals surface area contributed by atoms with E-state index in [1.165, 1.54) is 7.11 Å². The van der Waals surface area contributed by atoms with E-state index in [9.17, 15) is 80.3 Å². The van der Waals surface area contributed by atoms with Gasteiger partial charge in [0.2, 0.25) is 0 Å². The highest BCUT2D eigenvalue weighted by molar-refractivity contribution is 7.81. The molecule has 44 heteroatoms. The molecule has 10 unspecified atom stereocenters. The maximum Gasteiger partial charge on any atom is 0.397 e. The molecule has 8 fully saturated rings. The third-order valence-corrected chi connectivity index (χ3v) is 17.5. The van der Waals surface area contributed by atoms with Gasteiger partial charge < -0.3 is 145 Å². The van der Waals surface area contributed by atoms with E-state index in [0.717, 1.165) is 0 Å². The van der Waals surface area contributed by atoms with Crippen molar-refractivity contribution in [3.8, 4) is 0 Å². The summed E-state index contributed by atoms with van der Waals surface area (Å²) in [7, 11) is -14.0. The third-order valence-electron chi connectivity index (χ3n) is 16.2. The van der Waals surface area contributed by atoms with Crippen LogP contribution in [0.5, 0.6) is 0 Å². The van der Waals surface area contributed by atoms with Crippen molar-refractivity contribution in [3.05, 3.63) is 0 Å². The van der Waals surface area contributed by atoms with Crippen LogP contribution in [0.4, 0.5) is 0 Å². The molecule has 0 aliphatic carbocycles. The molecule has 0 bridgehead atoms. The molecule has 0 spiro atoms. The van der Waals surface area contributed by atoms with Gasteiger partial charge in [-0.05, 0) is 0 Å². The molecule has 8 heterocycles. The number of aliphatic hydroxyl groups excluding tert-OH is 9. The summed E-state index contributed by atoms with van der Waals surface area (Å²) in [6.45, 7) is -3.24. The Morgan fingerprint density at radius 3 is 0.944 bits per heavy atom. The molecular weight excluding hydrogens is 1300 g/mol. The molecule has 90 heavy (non-hydrogen) atoms. The van der Waals surface area contributed by atoms with Crippen LogP contribution in [0.1, 0.15) is 32.6 Å². The highest BCUT2D eigenvalue weighted by Crippen LogP contribution is 2.36. The number of aliphatic hydroxyl groups is 9. The Hall–Kier alpha value is -1.55. The normalized spacial score (nSPS) is 47.0. The van der Waals surface area contributed by atoms with E-state index in [0.29, 0.717) is 0 Å². The minimum atomic E-state index is -5.17. The monoisotopic (exact) mass is 1380 g/mol. The fourth-order valence-electron chi connectivity index (χ4n) is 11.1. The predicted octanol–water partition coefficient (Wildman–Crippen LogP) is -10.5. The minimum Gasteiger partial charge on any atom is -0.394 e. The predicted molar refractivity (Wildman–Crippen MR) is 282 cm³/mol. The second kappa shape index (κ2) is 31.8. The summed E-state index contributed by atoms with van der Waals surface area (Å²) in [5.41, 5.74) is 25.0. The average molecular weight is 1380 g/mol. The number of methoxy groups -OCH3 is 1. The Morgan fingerprint density at radius 1 is 0.400 bits per heavy atom. The number of nitrogens with two attached hydrogens (primary N) is 4. The van der Waals surface area contributed by atoms with E-state index < -0.39 is 281 Å². The topological polar surface area (TPSA) is 625 Å². The van der Waals surface area contributed by atoms with Gasteiger partial charge in [-0.2, -0.15) is 25.3 Å². The van der Waals surface area contributed by atoms with Crippen molar-refractivity contribution in [1.29, 1.82) is 0 Å². The molecule has 41 nitrogen and oxygen atoms in total. The Balaban J connectivity index is 0.812. The zero-order valence-corrected chi connectivity index (χ0v) is 50.5. The number of ether oxygens (including phenoxy) is 16. The lowest BCUT2D eigenvalue weighted by atomic mass is 9.96. The van der Waals surface area contributed by atoms with Gasteiger partial charge in [-0.1, -0.05) is 6.92 Å². The van der Waals surface area contributed by atoms with Crippen molar-refractivity contribution in [1.82, 2.24) is 0 Å². The van der Waals surface area contributed by atoms with Crippen LogP contribution in [-0.4, -0.2) is 335 Å². The molecule has 0 amide bonds. The summed E-state index contributed by atoms with van der Waals surface area (Å²) in [6, 6.07) is -5.67. The fourth-order valence-corrected chi connectivity index (χ4v) is 12.0. The van der Waals surface area contributed by atoms with Gasteiger partial charge in [0.25, 0.3) is 0 Å². The van der Waals surface area contributed by atoms with Crippen LogP contribution < -0.4 is 22.9 Å². The molecule has 32 atom stereocenters. The SMILES string of the molecule is CO[C@H]1OC(COS(=O)(=O)O)[C@@H](O[C@H]2C[C@H](O)[C@@H](O[C@H]3OC(CO)[C@@H](O[C@H]4C[C@H](O)C(OC5OC(COS(=O)(=O)O)[C@@H](O[C@H]6C[C@H](O)[C@@H](O[C@@H]7OC(COS(=O)(=O)O)[C@@H](O[C@H]8C[C@H](O)[C@H](C)CO8)[C@H](O)C7N)CO6)[C@H](O)C5N)CO4)[C@H](O)C3N)CO2)[C@H](O)C1N. The molecule has 0 aromatic heterocycles. The summed E-state index contributed by atoms with van der Waals surface area (Å²) in [6.07, 6.45) is -40.3. The van der Waals surface area contributed by atoms with Crippen LogP contribution in [0.3, 0.4) is 0 Å². The van der Waals surface area contributed by atoms with Crippen LogP contribution in [0.25, 0.3) is 0 Å². The Morgan fingerprint density at radius 2 is 0.667 bits per heavy atom. The van der Waals surface area contributed by atoms with Gasteiger partial charge in [-0.15, -0.1) is 0 Å². The molecule has 8 aliphatic rings. The standard InChI is InChI=1S/C46H82N4O37S3/c1-15-8-70-27(3-16(15)52)85-41-25(13-75-89(63,64)65)82-45(33(49)37(41)58)80-23-11-73-30(6-19(23)55)87-42-26(14-76-90(66,67)68)83-46(34(50)38(42)59)79-22-10-71-28(4-17(22)53)84-39-20(7-51)77-44(32(48)36(39)57)78-21-9-72-29(5-18(21)54)86-40-24(12-74-88(60,61)62)81-43(69-2)31(47)35(40)56/h15-46,51-59H,3-14,47-50H2,1-2H3,(H,60,61,62)(H,63,64,65)(H,66,67,68)/t15-,16+,17+,18+,19+,20?,21+,22?,23+,24?,25?,26?,27+,28+,29+,30+,31?,32?,33?,34?,35-,36-,37-,38-,39-,40-,41-,42-,43+,44-,45-,46?/m1/s1. The van der Waals surface area contributed by atoms with Gasteiger partial charge in [0.1, 0.15) is 91.6 Å². The van der Waals surface area contributed by atoms with E-state index in [-0.39, 0.29) is 25.4 Å². The lowest BCUT2D eigenvalue weighted by Gasteiger charge is -2.47. The van der Waals surface area contributed by atoms with Crippen LogP contribution in [-0.2, 0) is 120 Å². The first-order valence-corrected chi connectivity index (χ1v) is 32.4. The van der Waals surface area contributed by atoms with Gasteiger partial charge in [0.15, 0.2) is 50.3 Å². The second-order valence-corrected chi connectivity index (χ2v) is 25.9. The molecular formula is C46H82N4O37S3. The Labute approximate surface area is 514 Å². The first-order valence-electron chi connectivity index (χ1n) is 28.3. The van der Waals surface area contributed by atoms with Gasteiger partial charge in [0, 0.05) is 38.7 Å². The van der Waals surface area contributed by atoms with Crippen LogP contribution in [0.15, 0.2) is 0 Å². The molecule has 8 aliphatic heterocycles. The minimum absolute atomic E-state index is 0.0383. The second-order valence-electron chi connectivity index (χ2n) is 22.7. The lowest BCUT2D eigenvalue weighted by Crippen LogP contribution is -2.66. The van der Waals surface area contributed by atoms with Crippen LogP contribution in [0.2, 0.25) is 0 Å². The van der Waals surface area contributed by atoms with Crippen molar-refractivity contribution in [2.75, 3.05) is 60.0 Å². The third kappa shape index (κ3) is 19.4. The zero-order valence-electron chi connectivity index (χ0n) is 48.1. The molecule has 0 saturated carbocycles. The maximum absolute atomic E-state index is 11.7. The molecule has 8 rings (SSSR count). The lowest BCUT2D eigenvalue weighted by molar-refractivity contribution is -0.350. The smallest absolute Gasteiger partial charge is 0.394 e. The average Bonchev–Trinajstić information content (AvgIpc) is 0.846. The van der Waals surface area contributed by atoms with Crippen molar-refractivity contribution < 1.29 is 173 Å². The molecule has 526 valence electrons. The summed E-state index contributed by atoms with van der Waals surface area (Å²) in [5, 5.41) is 99.5. The first kappa shape index (κ1) is 74.2. The summed E-state index contributed by atoms with van der Waals surface area (Å²) >= 11 is 0. The quantitative estimate of drug-likeness (QED) is 0.0378. The highest BCUT2D eigenvalue weighted by Gasteiger charge is 2.54. The number of hydrogen-bond donors (Lipinski definition) is 16. The van der Waals surface area contributed by atoms with E-state index in [1.54, 1.807) is 6.92 Å². The van der Waals surface area contributed by atoms with Crippen LogP contribution in [0, 0.1) is 5.92 Å². The summed E-state index contributed by atoms with van der Waals surface area (Å²) in [4.78, 5) is 0. The van der Waals surface area contributed by atoms with Gasteiger partial charge in [0.05, 0.1) is 101 Å². The molecule has 20 N–H and O–H groups in total. The van der Waals surface area contributed by atoms with E-state index >= 15 is 0 Å². The molecule has 8 saturated heterocycles. The van der Waals surface area contributed by atoms with E-state index in [2.05, 4.69) is 12.5 Å². The van der Waals surface area contributed by atoms with Gasteiger partial charge in [-0.3, -0.25) is 13.7 Å². The summed E-state index contributed by atoms with van der Waals surface area (Å²) in [5.74, 6) is -0.251. The van der Waals surface area contributed by atoms with Crippen molar-refractivity contribution in [2.24, 2.45) is 28.9 Å². The van der Waals surface area contributed by atoms with Gasteiger partial charge in [-0.25, -0.2) is 12.5 Å². The number of rotatable bonds is 25. The van der Waals surface area contributed by atoms with Gasteiger partial charge >= 0.3 is 31.2 Å². The largest absolute Gasteiger partial charge is 0.397 e. The first-order chi connectivity index (χ1) is 42.2. The molecule has 0 aromatic carbocycles. The van der Waals surface area contributed by atoms with E-state index in [4.69, 9.17) is 103 Å². The fraction of sp³-hybridized carbons (Fsp3) is 1.00. The van der Waals surface area contributed by atoms with Crippen molar-refractivity contribution >= 4 is 31.2 Å². The summed E-state index contributed by atoms with van der Waals surface area (Å²) < 4.78 is 203.